The van der Waals surface area contributed by atoms with Crippen molar-refractivity contribution >= 4 is 50.4 Å². The lowest BCUT2D eigenvalue weighted by Crippen LogP contribution is -2.47. The molecular formula is C28H27BrFN9O4. The molecule has 1 aliphatic heterocycles. The fourth-order valence-corrected chi connectivity index (χ4v) is 6.11. The van der Waals surface area contributed by atoms with Crippen LogP contribution < -0.4 is 11.1 Å². The number of likely N-dealkylation sites (tertiary alicyclic amines) is 1. The number of nitrogens with one attached hydrogen (secondary N) is 1. The third kappa shape index (κ3) is 5.01. The van der Waals surface area contributed by atoms with Crippen LogP contribution in [0.25, 0.3) is 22.2 Å². The number of anilines is 1. The van der Waals surface area contributed by atoms with Gasteiger partial charge in [0.25, 0.3) is 5.91 Å². The molecule has 1 aliphatic carbocycles. The second kappa shape index (κ2) is 10.4. The maximum atomic E-state index is 13.9. The van der Waals surface area contributed by atoms with Gasteiger partial charge in [-0.1, -0.05) is 6.92 Å². The molecule has 0 aromatic carbocycles. The lowest BCUT2D eigenvalue weighted by Gasteiger charge is -2.27. The van der Waals surface area contributed by atoms with Crippen LogP contribution in [0.3, 0.4) is 0 Å². The Morgan fingerprint density at radius 2 is 1.91 bits per heavy atom. The van der Waals surface area contributed by atoms with Crippen LogP contribution in [0.4, 0.5) is 10.2 Å². The summed E-state index contributed by atoms with van der Waals surface area (Å²) in [5.41, 5.74) is 7.17. The summed E-state index contributed by atoms with van der Waals surface area (Å²) in [6.07, 6.45) is 4.32. The third-order valence-electron chi connectivity index (χ3n) is 8.14. The number of nitrogens with two attached hydrogens (primary N) is 1. The fraction of sp³-hybridized carbons (Fsp3) is 0.357. The number of aliphatic hydroxyl groups excluding tert-OH is 1. The zero-order valence-electron chi connectivity index (χ0n) is 23.4. The van der Waals surface area contributed by atoms with E-state index in [2.05, 4.69) is 46.3 Å². The lowest BCUT2D eigenvalue weighted by atomic mass is 10.0. The van der Waals surface area contributed by atoms with E-state index >= 15 is 0 Å². The number of hydrogen-bond acceptors (Lipinski definition) is 9. The molecule has 1 saturated heterocycles. The molecule has 222 valence electrons. The van der Waals surface area contributed by atoms with Gasteiger partial charge in [-0.25, -0.2) is 24.3 Å². The number of pyridine rings is 2. The summed E-state index contributed by atoms with van der Waals surface area (Å²) in [5, 5.41) is 17.6. The number of amides is 3. The Kier molecular flexibility index (Phi) is 6.96. The molecule has 5 heterocycles. The van der Waals surface area contributed by atoms with Gasteiger partial charge >= 0.3 is 0 Å². The summed E-state index contributed by atoms with van der Waals surface area (Å²) < 4.78 is 15.1. The number of primary amides is 1. The first-order valence-corrected chi connectivity index (χ1v) is 14.2. The number of aryl methyl sites for hydroxylation is 2. The highest BCUT2D eigenvalue weighted by molar-refractivity contribution is 9.10. The van der Waals surface area contributed by atoms with E-state index in [4.69, 9.17) is 5.73 Å². The maximum absolute atomic E-state index is 13.9. The summed E-state index contributed by atoms with van der Waals surface area (Å²) >= 11 is 3.04. The van der Waals surface area contributed by atoms with Gasteiger partial charge in [0.1, 0.15) is 28.8 Å². The quantitative estimate of drug-likeness (QED) is 0.253. The molecule has 0 spiro atoms. The minimum Gasteiger partial charge on any atom is -0.390 e. The monoisotopic (exact) mass is 651 g/mol. The van der Waals surface area contributed by atoms with E-state index < -0.39 is 36.2 Å². The molecule has 0 radical (unpaired) electrons. The van der Waals surface area contributed by atoms with Gasteiger partial charge in [0, 0.05) is 29.4 Å². The highest BCUT2D eigenvalue weighted by atomic mass is 79.9. The number of nitrogens with zero attached hydrogens (tertiary/aromatic N) is 7. The van der Waals surface area contributed by atoms with Crippen molar-refractivity contribution < 1.29 is 23.9 Å². The predicted molar refractivity (Wildman–Crippen MR) is 155 cm³/mol. The van der Waals surface area contributed by atoms with Crippen LogP contribution in [0, 0.1) is 25.1 Å². The minimum absolute atomic E-state index is 0.0373. The second-order valence-corrected chi connectivity index (χ2v) is 12.0. The van der Waals surface area contributed by atoms with Crippen molar-refractivity contribution in [2.24, 2.45) is 11.1 Å². The van der Waals surface area contributed by atoms with Crippen molar-refractivity contribution in [1.82, 2.24) is 34.6 Å². The van der Waals surface area contributed by atoms with Crippen molar-refractivity contribution in [3.8, 4) is 11.3 Å². The van der Waals surface area contributed by atoms with Crippen molar-refractivity contribution in [3.05, 3.63) is 57.7 Å². The lowest BCUT2D eigenvalue weighted by molar-refractivity contribution is -0.138. The molecule has 3 amide bonds. The molecule has 0 bridgehead atoms. The predicted octanol–water partition coefficient (Wildman–Crippen LogP) is 2.41. The van der Waals surface area contributed by atoms with Gasteiger partial charge in [0.15, 0.2) is 11.5 Å². The Morgan fingerprint density at radius 3 is 2.58 bits per heavy atom. The van der Waals surface area contributed by atoms with Crippen LogP contribution in [0.2, 0.25) is 0 Å². The highest BCUT2D eigenvalue weighted by Crippen LogP contribution is 2.59. The third-order valence-corrected chi connectivity index (χ3v) is 8.69. The molecule has 4 aromatic heterocycles. The number of rotatable bonds is 7. The van der Waals surface area contributed by atoms with Gasteiger partial charge in [-0.2, -0.15) is 5.10 Å². The Labute approximate surface area is 252 Å². The van der Waals surface area contributed by atoms with Crippen molar-refractivity contribution in [2.45, 2.75) is 58.8 Å². The molecule has 4 aromatic rings. The molecule has 4 N–H and O–H groups in total. The van der Waals surface area contributed by atoms with Crippen LogP contribution in [-0.4, -0.2) is 69.5 Å². The molecule has 3 atom stereocenters. The molecule has 43 heavy (non-hydrogen) atoms. The Bertz CT molecular complexity index is 1830. The van der Waals surface area contributed by atoms with Gasteiger partial charge in [0.05, 0.1) is 23.5 Å². The summed E-state index contributed by atoms with van der Waals surface area (Å²) in [7, 11) is 0. The zero-order chi connectivity index (χ0) is 30.8. The molecular weight excluding hydrogens is 625 g/mol. The van der Waals surface area contributed by atoms with Crippen molar-refractivity contribution in [2.75, 3.05) is 5.32 Å². The Morgan fingerprint density at radius 1 is 1.19 bits per heavy atom. The number of hydrogen-bond donors (Lipinski definition) is 3. The number of fused-ring (bicyclic) bond motifs is 2. The van der Waals surface area contributed by atoms with E-state index in [-0.39, 0.29) is 45.3 Å². The van der Waals surface area contributed by atoms with E-state index in [1.54, 1.807) is 37.2 Å². The Balaban J connectivity index is 1.33. The molecule has 15 heteroatoms. The van der Waals surface area contributed by atoms with Gasteiger partial charge in [0.2, 0.25) is 11.8 Å². The van der Waals surface area contributed by atoms with Crippen molar-refractivity contribution in [3.63, 3.8) is 0 Å². The average molecular weight is 652 g/mol. The fourth-order valence-electron chi connectivity index (χ4n) is 5.82. The zero-order valence-corrected chi connectivity index (χ0v) is 25.0. The van der Waals surface area contributed by atoms with Gasteiger partial charge < -0.3 is 21.1 Å². The van der Waals surface area contributed by atoms with Gasteiger partial charge in [-0.15, -0.1) is 0 Å². The van der Waals surface area contributed by atoms with Crippen LogP contribution in [0.15, 0.2) is 29.1 Å². The molecule has 2 aliphatic rings. The van der Waals surface area contributed by atoms with Crippen LogP contribution in [-0.2, 0) is 22.7 Å². The van der Waals surface area contributed by atoms with E-state index in [0.717, 1.165) is 6.42 Å². The van der Waals surface area contributed by atoms with E-state index in [1.165, 1.54) is 10.7 Å². The summed E-state index contributed by atoms with van der Waals surface area (Å²) in [5.74, 6) is -1.47. The number of aliphatic hydroxyl groups is 1. The number of carbonyl (C=O) groups excluding carboxylic acids is 3. The first-order valence-electron chi connectivity index (χ1n) is 13.4. The standard InChI is InChI=1S/C28H27BrFN9O4/c1-12-4-16(30)24(29)35-26(12)36-27(43)19-6-28(3)7-20(28)39(19)21(41)10-38-23-15(22(37-38)25(31)42)5-17(34-18(23)11-40)14-8-32-13(2)33-9-14/h4-5,8-9,19-20,40H,6-7,10-11H2,1-3H3,(H2,31,42)(H,35,36,43)/t19-,20+,28-/m0/s1. The number of aromatic nitrogens is 6. The Hall–Kier alpha value is -4.37. The maximum Gasteiger partial charge on any atom is 0.269 e. The van der Waals surface area contributed by atoms with Gasteiger partial charge in [-0.05, 0) is 65.7 Å². The average Bonchev–Trinajstić information content (AvgIpc) is 3.32. The van der Waals surface area contributed by atoms with E-state index in [1.807, 2.05) is 6.92 Å². The molecule has 0 unspecified atom stereocenters. The van der Waals surface area contributed by atoms with Crippen LogP contribution in [0.5, 0.6) is 0 Å². The van der Waals surface area contributed by atoms with Crippen LogP contribution >= 0.6 is 15.9 Å². The van der Waals surface area contributed by atoms with Crippen LogP contribution in [0.1, 0.15) is 47.3 Å². The van der Waals surface area contributed by atoms with E-state index in [9.17, 15) is 23.9 Å². The first kappa shape index (κ1) is 28.7. The van der Waals surface area contributed by atoms with Crippen molar-refractivity contribution in [1.29, 1.82) is 0 Å². The largest absolute Gasteiger partial charge is 0.390 e. The molecule has 13 nitrogen and oxygen atoms in total. The smallest absolute Gasteiger partial charge is 0.269 e. The summed E-state index contributed by atoms with van der Waals surface area (Å²) in [6, 6.07) is 1.89. The first-order chi connectivity index (χ1) is 20.4. The summed E-state index contributed by atoms with van der Waals surface area (Å²) in [4.78, 5) is 58.3. The normalized spacial score (nSPS) is 20.7. The molecule has 2 fully saturated rings. The highest BCUT2D eigenvalue weighted by Gasteiger charge is 2.64. The van der Waals surface area contributed by atoms with E-state index in [0.29, 0.717) is 34.5 Å². The minimum atomic E-state index is -0.820. The number of carbonyl (C=O) groups is 3. The molecule has 1 saturated carbocycles. The molecule has 6 rings (SSSR count). The summed E-state index contributed by atoms with van der Waals surface area (Å²) in [6.45, 7) is 4.54. The SMILES string of the molecule is Cc1ncc(-c2cc3c(C(N)=O)nn(CC(=O)N4[C@H](C(=O)Nc5nc(Br)c(F)cc5C)C[C@@]5(C)C[C@@H]45)c3c(CO)n2)cn1. The number of halogens is 2. The topological polar surface area (TPSA) is 182 Å². The second-order valence-electron chi connectivity index (χ2n) is 11.2. The number of piperidine rings is 1. The van der Waals surface area contributed by atoms with Gasteiger partial charge in [-0.3, -0.25) is 19.1 Å².